The number of rotatable bonds is 6. The minimum absolute atomic E-state index is 0.297. The van der Waals surface area contributed by atoms with Crippen molar-refractivity contribution in [1.29, 1.82) is 0 Å². The SMILES string of the molecule is C=C(C)c1ncn([C@H]2CC(O[P+](=O)O)[C@@H](COC)O2)c1C. The number of hydrogen-bond acceptors (Lipinski definition) is 5. The number of allylic oxidation sites excluding steroid dienone is 1. The Hall–Kier alpha value is -1.11. The second kappa shape index (κ2) is 6.77. The predicted octanol–water partition coefficient (Wildman–Crippen LogP) is 2.19. The molecule has 116 valence electrons. The molecule has 1 aromatic heterocycles. The van der Waals surface area contributed by atoms with Crippen LogP contribution in [-0.2, 0) is 18.6 Å². The Kier molecular flexibility index (Phi) is 5.24. The number of aromatic nitrogens is 2. The lowest BCUT2D eigenvalue weighted by Gasteiger charge is -2.15. The maximum Gasteiger partial charge on any atom is 0.695 e. The molecule has 1 aliphatic heterocycles. The van der Waals surface area contributed by atoms with Gasteiger partial charge in [0.15, 0.2) is 0 Å². The Labute approximate surface area is 124 Å². The maximum absolute atomic E-state index is 10.9. The van der Waals surface area contributed by atoms with Gasteiger partial charge in [-0.3, -0.25) is 0 Å². The summed E-state index contributed by atoms with van der Waals surface area (Å²) in [6.07, 6.45) is 0.975. The molecule has 2 unspecified atom stereocenters. The zero-order valence-electron chi connectivity index (χ0n) is 12.4. The first-order valence-electron chi connectivity index (χ1n) is 6.60. The Morgan fingerprint density at radius 2 is 2.43 bits per heavy atom. The van der Waals surface area contributed by atoms with E-state index >= 15 is 0 Å². The molecule has 0 aromatic carbocycles. The Morgan fingerprint density at radius 1 is 1.71 bits per heavy atom. The van der Waals surface area contributed by atoms with Crippen LogP contribution in [0, 0.1) is 6.92 Å². The van der Waals surface area contributed by atoms with E-state index in [9.17, 15) is 4.57 Å². The van der Waals surface area contributed by atoms with Crippen molar-refractivity contribution in [3.8, 4) is 0 Å². The van der Waals surface area contributed by atoms with Gasteiger partial charge in [-0.15, -0.1) is 9.42 Å². The Morgan fingerprint density at radius 3 is 2.95 bits per heavy atom. The van der Waals surface area contributed by atoms with Crippen molar-refractivity contribution in [3.05, 3.63) is 24.3 Å². The van der Waals surface area contributed by atoms with Gasteiger partial charge in [0.2, 0.25) is 0 Å². The largest absolute Gasteiger partial charge is 0.695 e. The summed E-state index contributed by atoms with van der Waals surface area (Å²) in [6, 6.07) is 0. The molecule has 0 amide bonds. The number of nitrogens with zero attached hydrogens (tertiary/aromatic N) is 2. The molecule has 2 heterocycles. The summed E-state index contributed by atoms with van der Waals surface area (Å²) in [4.78, 5) is 13.3. The summed E-state index contributed by atoms with van der Waals surface area (Å²) in [7, 11) is -1.12. The molecule has 1 aliphatic rings. The molecule has 21 heavy (non-hydrogen) atoms. The summed E-state index contributed by atoms with van der Waals surface area (Å²) in [5.41, 5.74) is 2.65. The molecular formula is C13H20N2O5P+. The first-order chi connectivity index (χ1) is 9.93. The fourth-order valence-corrected chi connectivity index (χ4v) is 3.00. The fourth-order valence-electron chi connectivity index (χ4n) is 2.54. The highest BCUT2D eigenvalue weighted by Gasteiger charge is 2.42. The van der Waals surface area contributed by atoms with Crippen molar-refractivity contribution in [2.75, 3.05) is 13.7 Å². The summed E-state index contributed by atoms with van der Waals surface area (Å²) in [5.74, 6) is 0. The molecule has 0 radical (unpaired) electrons. The highest BCUT2D eigenvalue weighted by molar-refractivity contribution is 7.32. The van der Waals surface area contributed by atoms with Crippen molar-refractivity contribution in [2.24, 2.45) is 0 Å². The highest BCUT2D eigenvalue weighted by atomic mass is 31.1. The molecule has 2 rings (SSSR count). The third-order valence-electron chi connectivity index (χ3n) is 3.49. The molecule has 0 bridgehead atoms. The van der Waals surface area contributed by atoms with Crippen molar-refractivity contribution in [1.82, 2.24) is 9.55 Å². The summed E-state index contributed by atoms with van der Waals surface area (Å²) >= 11 is 0. The van der Waals surface area contributed by atoms with Gasteiger partial charge in [0.05, 0.1) is 18.6 Å². The van der Waals surface area contributed by atoms with Crippen LogP contribution in [0.15, 0.2) is 12.9 Å². The topological polar surface area (TPSA) is 82.8 Å². The number of imidazole rings is 1. The number of methoxy groups -OCH3 is 1. The maximum atomic E-state index is 10.9. The van der Waals surface area contributed by atoms with Gasteiger partial charge >= 0.3 is 8.25 Å². The average molecular weight is 315 g/mol. The van der Waals surface area contributed by atoms with Crippen molar-refractivity contribution < 1.29 is 23.5 Å². The van der Waals surface area contributed by atoms with Crippen LogP contribution >= 0.6 is 8.25 Å². The van der Waals surface area contributed by atoms with Crippen molar-refractivity contribution >= 4 is 13.8 Å². The van der Waals surface area contributed by atoms with Gasteiger partial charge in [0.25, 0.3) is 0 Å². The van der Waals surface area contributed by atoms with Crippen LogP contribution in [0.25, 0.3) is 5.57 Å². The molecule has 4 atom stereocenters. The van der Waals surface area contributed by atoms with Crippen LogP contribution in [0.1, 0.15) is 31.0 Å². The molecule has 1 N–H and O–H groups in total. The second-order valence-electron chi connectivity index (χ2n) is 5.07. The molecule has 7 nitrogen and oxygen atoms in total. The Bertz CT molecular complexity index is 545. The molecule has 8 heteroatoms. The molecule has 0 saturated carbocycles. The van der Waals surface area contributed by atoms with E-state index in [4.69, 9.17) is 18.9 Å². The predicted molar refractivity (Wildman–Crippen MR) is 76.8 cm³/mol. The number of ether oxygens (including phenoxy) is 2. The molecule has 1 saturated heterocycles. The van der Waals surface area contributed by atoms with Gasteiger partial charge in [-0.25, -0.2) is 4.98 Å². The lowest BCUT2D eigenvalue weighted by molar-refractivity contribution is -0.0503. The van der Waals surface area contributed by atoms with Gasteiger partial charge in [-0.1, -0.05) is 6.58 Å². The highest BCUT2D eigenvalue weighted by Crippen LogP contribution is 2.36. The van der Waals surface area contributed by atoms with Crippen LogP contribution in [-0.4, -0.2) is 40.4 Å². The van der Waals surface area contributed by atoms with E-state index < -0.39 is 14.4 Å². The lowest BCUT2D eigenvalue weighted by Crippen LogP contribution is -2.27. The fraction of sp³-hybridized carbons (Fsp3) is 0.615. The van der Waals surface area contributed by atoms with Gasteiger partial charge in [0, 0.05) is 23.8 Å². The summed E-state index contributed by atoms with van der Waals surface area (Å²) < 4.78 is 28.8. The van der Waals surface area contributed by atoms with E-state index in [0.29, 0.717) is 13.0 Å². The smallest absolute Gasteiger partial charge is 0.382 e. The van der Waals surface area contributed by atoms with Gasteiger partial charge in [0.1, 0.15) is 18.4 Å². The van der Waals surface area contributed by atoms with Crippen LogP contribution < -0.4 is 0 Å². The molecular weight excluding hydrogens is 295 g/mol. The zero-order chi connectivity index (χ0) is 15.6. The third kappa shape index (κ3) is 3.56. The van der Waals surface area contributed by atoms with E-state index in [1.54, 1.807) is 13.4 Å². The molecule has 1 fully saturated rings. The zero-order valence-corrected chi connectivity index (χ0v) is 13.2. The first kappa shape index (κ1) is 16.3. The number of hydrogen-bond donors (Lipinski definition) is 1. The Balaban J connectivity index is 2.18. The van der Waals surface area contributed by atoms with E-state index in [0.717, 1.165) is 17.0 Å². The van der Waals surface area contributed by atoms with Gasteiger partial charge in [-0.2, -0.15) is 0 Å². The molecule has 0 aliphatic carbocycles. The van der Waals surface area contributed by atoms with E-state index in [1.807, 2.05) is 18.4 Å². The monoisotopic (exact) mass is 315 g/mol. The average Bonchev–Trinajstić information content (AvgIpc) is 2.93. The van der Waals surface area contributed by atoms with E-state index in [-0.39, 0.29) is 12.3 Å². The molecule has 1 aromatic rings. The van der Waals surface area contributed by atoms with E-state index in [1.165, 1.54) is 0 Å². The molecule has 0 spiro atoms. The quantitative estimate of drug-likeness (QED) is 0.810. The standard InChI is InChI=1S/C13H19N2O5P/c1-8(2)13-9(3)15(7-14-13)12-5-10(20-21(16)17)11(19-12)6-18-4/h7,10-12H,1,5-6H2,2-4H3/p+1/t10?,11-,12-/m1/s1. The normalized spacial score (nSPS) is 26.1. The minimum Gasteiger partial charge on any atom is -0.382 e. The van der Waals surface area contributed by atoms with Gasteiger partial charge < -0.3 is 14.0 Å². The summed E-state index contributed by atoms with van der Waals surface area (Å²) in [5, 5.41) is 0. The van der Waals surface area contributed by atoms with E-state index in [2.05, 4.69) is 11.6 Å². The van der Waals surface area contributed by atoms with Crippen LogP contribution in [0.4, 0.5) is 0 Å². The van der Waals surface area contributed by atoms with Gasteiger partial charge in [-0.05, 0) is 19.4 Å². The van der Waals surface area contributed by atoms with Crippen LogP contribution in [0.5, 0.6) is 0 Å². The first-order valence-corrected chi connectivity index (χ1v) is 7.73. The third-order valence-corrected chi connectivity index (χ3v) is 3.94. The lowest BCUT2D eigenvalue weighted by atomic mass is 10.2. The van der Waals surface area contributed by atoms with Crippen molar-refractivity contribution in [2.45, 2.75) is 38.7 Å². The van der Waals surface area contributed by atoms with Crippen LogP contribution in [0.2, 0.25) is 0 Å². The minimum atomic E-state index is -2.67. The van der Waals surface area contributed by atoms with Crippen molar-refractivity contribution in [3.63, 3.8) is 0 Å². The summed E-state index contributed by atoms with van der Waals surface area (Å²) in [6.45, 7) is 8.02. The second-order valence-corrected chi connectivity index (χ2v) is 5.75. The van der Waals surface area contributed by atoms with Crippen LogP contribution in [0.3, 0.4) is 0 Å².